The first-order chi connectivity index (χ1) is 14.7. The van der Waals surface area contributed by atoms with Crippen LogP contribution in [0.3, 0.4) is 0 Å². The van der Waals surface area contributed by atoms with E-state index in [2.05, 4.69) is 5.32 Å². The molecule has 7 nitrogen and oxygen atoms in total. The van der Waals surface area contributed by atoms with Gasteiger partial charge in [-0.1, -0.05) is 41.4 Å². The highest BCUT2D eigenvalue weighted by Crippen LogP contribution is 2.26. The number of nitrogens with one attached hydrogen (secondary N) is 2. The number of hydrogen-bond donors (Lipinski definition) is 2. The third-order valence-corrected chi connectivity index (χ3v) is 7.68. The Balaban J connectivity index is 1.56. The standard InChI is InChI=1S/C20H13Cl2N3O4S2/c21-15-11-13(23-20(27)24-31(28,29)18-8-7-17(22)30-18)5-6-16(15)25-10-9-12-3-1-2-4-14(12)19(25)26/h1-11H,(H2,23,24,27). The Morgan fingerprint density at radius 1 is 1.00 bits per heavy atom. The van der Waals surface area contributed by atoms with Gasteiger partial charge in [0.05, 0.1) is 15.0 Å². The number of benzene rings is 2. The van der Waals surface area contributed by atoms with E-state index in [0.29, 0.717) is 11.1 Å². The molecule has 2 N–H and O–H groups in total. The minimum Gasteiger partial charge on any atom is -0.307 e. The van der Waals surface area contributed by atoms with Crippen LogP contribution in [-0.2, 0) is 10.0 Å². The van der Waals surface area contributed by atoms with E-state index in [1.165, 1.54) is 28.8 Å². The van der Waals surface area contributed by atoms with Crippen molar-refractivity contribution in [2.24, 2.45) is 0 Å². The van der Waals surface area contributed by atoms with Gasteiger partial charge in [-0.05, 0) is 47.9 Å². The summed E-state index contributed by atoms with van der Waals surface area (Å²) < 4.78 is 27.9. The van der Waals surface area contributed by atoms with E-state index in [9.17, 15) is 18.0 Å². The lowest BCUT2D eigenvalue weighted by Crippen LogP contribution is -2.33. The number of anilines is 1. The molecule has 0 saturated heterocycles. The number of halogens is 2. The first kappa shape index (κ1) is 21.4. The van der Waals surface area contributed by atoms with Crippen LogP contribution in [0, 0.1) is 0 Å². The summed E-state index contributed by atoms with van der Waals surface area (Å²) in [5.41, 5.74) is 0.433. The van der Waals surface area contributed by atoms with Gasteiger partial charge in [0.15, 0.2) is 0 Å². The molecule has 0 fully saturated rings. The first-order valence-corrected chi connectivity index (χ1v) is 11.8. The Morgan fingerprint density at radius 2 is 1.77 bits per heavy atom. The molecule has 4 rings (SSSR count). The molecule has 2 aromatic heterocycles. The van der Waals surface area contributed by atoms with Gasteiger partial charge in [-0.3, -0.25) is 9.36 Å². The lowest BCUT2D eigenvalue weighted by atomic mass is 10.1. The van der Waals surface area contributed by atoms with Crippen molar-refractivity contribution in [1.82, 2.24) is 9.29 Å². The van der Waals surface area contributed by atoms with Crippen LogP contribution < -0.4 is 15.6 Å². The quantitative estimate of drug-likeness (QED) is 0.423. The average Bonchev–Trinajstić information content (AvgIpc) is 3.16. The van der Waals surface area contributed by atoms with E-state index in [-0.39, 0.29) is 24.8 Å². The number of nitrogens with zero attached hydrogens (tertiary/aromatic N) is 1. The zero-order valence-electron chi connectivity index (χ0n) is 15.5. The Labute approximate surface area is 190 Å². The molecule has 2 aromatic carbocycles. The van der Waals surface area contributed by atoms with Gasteiger partial charge >= 0.3 is 6.03 Å². The number of thiophene rings is 1. The predicted octanol–water partition coefficient (Wildman–Crippen LogP) is 4.87. The van der Waals surface area contributed by atoms with Gasteiger partial charge in [-0.25, -0.2) is 17.9 Å². The molecule has 0 saturated carbocycles. The van der Waals surface area contributed by atoms with Crippen molar-refractivity contribution >= 4 is 67.1 Å². The Bertz CT molecular complexity index is 1480. The number of hydrogen-bond acceptors (Lipinski definition) is 5. The van der Waals surface area contributed by atoms with Gasteiger partial charge in [0.25, 0.3) is 15.6 Å². The normalized spacial score (nSPS) is 11.4. The zero-order valence-corrected chi connectivity index (χ0v) is 18.6. The molecule has 31 heavy (non-hydrogen) atoms. The van der Waals surface area contributed by atoms with Crippen LogP contribution >= 0.6 is 34.5 Å². The number of aromatic nitrogens is 1. The van der Waals surface area contributed by atoms with Crippen LogP contribution in [0.15, 0.2) is 75.9 Å². The summed E-state index contributed by atoms with van der Waals surface area (Å²) >= 11 is 12.9. The molecule has 0 aliphatic carbocycles. The summed E-state index contributed by atoms with van der Waals surface area (Å²) in [6, 6.07) is 15.2. The van der Waals surface area contributed by atoms with Crippen LogP contribution in [-0.4, -0.2) is 19.0 Å². The summed E-state index contributed by atoms with van der Waals surface area (Å²) in [7, 11) is -4.05. The fourth-order valence-electron chi connectivity index (χ4n) is 2.93. The molecule has 4 aromatic rings. The van der Waals surface area contributed by atoms with Crippen molar-refractivity contribution in [2.45, 2.75) is 4.21 Å². The summed E-state index contributed by atoms with van der Waals surface area (Å²) in [4.78, 5) is 24.9. The lowest BCUT2D eigenvalue weighted by Gasteiger charge is -2.12. The minimum absolute atomic E-state index is 0.0864. The van der Waals surface area contributed by atoms with Crippen LogP contribution in [0.5, 0.6) is 0 Å². The highest BCUT2D eigenvalue weighted by Gasteiger charge is 2.20. The van der Waals surface area contributed by atoms with Crippen LogP contribution in [0.2, 0.25) is 9.36 Å². The largest absolute Gasteiger partial charge is 0.333 e. The highest BCUT2D eigenvalue weighted by atomic mass is 35.5. The summed E-state index contributed by atoms with van der Waals surface area (Å²) in [6.07, 6.45) is 1.62. The molecule has 0 radical (unpaired) electrons. The van der Waals surface area contributed by atoms with E-state index >= 15 is 0 Å². The maximum Gasteiger partial charge on any atom is 0.333 e. The van der Waals surface area contributed by atoms with Crippen LogP contribution in [0.1, 0.15) is 0 Å². The monoisotopic (exact) mass is 493 g/mol. The number of amides is 2. The minimum atomic E-state index is -4.05. The highest BCUT2D eigenvalue weighted by molar-refractivity contribution is 7.92. The third-order valence-electron chi connectivity index (χ3n) is 4.32. The van der Waals surface area contributed by atoms with E-state index in [1.807, 2.05) is 16.9 Å². The molecule has 0 aliphatic heterocycles. The number of carbonyl (C=O) groups excluding carboxylic acids is 1. The Hall–Kier alpha value is -2.85. The number of fused-ring (bicyclic) bond motifs is 1. The van der Waals surface area contributed by atoms with Gasteiger partial charge < -0.3 is 5.32 Å². The van der Waals surface area contributed by atoms with Gasteiger partial charge in [0.1, 0.15) is 4.21 Å². The van der Waals surface area contributed by atoms with Crippen molar-refractivity contribution < 1.29 is 13.2 Å². The van der Waals surface area contributed by atoms with Crippen molar-refractivity contribution in [2.75, 3.05) is 5.32 Å². The fraction of sp³-hybridized carbons (Fsp3) is 0. The van der Waals surface area contributed by atoms with Crippen molar-refractivity contribution in [3.8, 4) is 5.69 Å². The number of carbonyl (C=O) groups is 1. The molecule has 0 unspecified atom stereocenters. The van der Waals surface area contributed by atoms with Crippen LogP contribution in [0.4, 0.5) is 10.5 Å². The van der Waals surface area contributed by atoms with E-state index in [0.717, 1.165) is 16.7 Å². The molecular formula is C20H13Cl2N3O4S2. The number of pyridine rings is 1. The van der Waals surface area contributed by atoms with Gasteiger partial charge in [-0.2, -0.15) is 0 Å². The van der Waals surface area contributed by atoms with Crippen LogP contribution in [0.25, 0.3) is 16.5 Å². The van der Waals surface area contributed by atoms with E-state index in [4.69, 9.17) is 23.2 Å². The lowest BCUT2D eigenvalue weighted by molar-refractivity contribution is 0.256. The number of rotatable bonds is 4. The molecule has 158 valence electrons. The first-order valence-electron chi connectivity index (χ1n) is 8.74. The molecule has 0 aliphatic rings. The SMILES string of the molecule is O=C(Nc1ccc(-n2ccc3ccccc3c2=O)c(Cl)c1)NS(=O)(=O)c1ccc(Cl)s1. The number of urea groups is 1. The molecule has 0 atom stereocenters. The average molecular weight is 494 g/mol. The molecule has 0 spiro atoms. The van der Waals surface area contributed by atoms with Crippen molar-refractivity contribution in [3.63, 3.8) is 0 Å². The summed E-state index contributed by atoms with van der Waals surface area (Å²) in [6.45, 7) is 0. The van der Waals surface area contributed by atoms with Crippen molar-refractivity contribution in [3.05, 3.63) is 86.6 Å². The van der Waals surface area contributed by atoms with E-state index < -0.39 is 16.1 Å². The summed E-state index contributed by atoms with van der Waals surface area (Å²) in [5, 5.41) is 3.96. The second-order valence-corrected chi connectivity index (χ2v) is 10.4. The maximum atomic E-state index is 12.8. The Kier molecular flexibility index (Phi) is 5.76. The van der Waals surface area contributed by atoms with Gasteiger partial charge in [0.2, 0.25) is 0 Å². The molecular weight excluding hydrogens is 481 g/mol. The smallest absolute Gasteiger partial charge is 0.307 e. The fourth-order valence-corrected chi connectivity index (χ4v) is 5.59. The second-order valence-electron chi connectivity index (χ2n) is 6.36. The third kappa shape index (κ3) is 4.45. The molecule has 2 amide bonds. The van der Waals surface area contributed by atoms with Gasteiger partial charge in [0, 0.05) is 17.3 Å². The number of sulfonamides is 1. The molecule has 0 bridgehead atoms. The summed E-state index contributed by atoms with van der Waals surface area (Å²) in [5.74, 6) is 0. The maximum absolute atomic E-state index is 12.8. The second kappa shape index (κ2) is 8.35. The van der Waals surface area contributed by atoms with E-state index in [1.54, 1.807) is 30.5 Å². The molecule has 11 heteroatoms. The Morgan fingerprint density at radius 3 is 2.48 bits per heavy atom. The topological polar surface area (TPSA) is 97.3 Å². The zero-order chi connectivity index (χ0) is 22.2. The van der Waals surface area contributed by atoms with Crippen molar-refractivity contribution in [1.29, 1.82) is 0 Å². The predicted molar refractivity (Wildman–Crippen MR) is 123 cm³/mol. The van der Waals surface area contributed by atoms with Gasteiger partial charge in [-0.15, -0.1) is 11.3 Å². The molecule has 2 heterocycles.